The van der Waals surface area contributed by atoms with E-state index in [1.807, 2.05) is 18.2 Å². The maximum Gasteiger partial charge on any atom is 0.337 e. The van der Waals surface area contributed by atoms with E-state index in [4.69, 9.17) is 4.74 Å². The molecule has 3 aromatic rings. The fourth-order valence-electron chi connectivity index (χ4n) is 4.25. The van der Waals surface area contributed by atoms with Gasteiger partial charge in [0.15, 0.2) is 0 Å². The number of hydrogen-bond acceptors (Lipinski definition) is 7. The zero-order valence-electron chi connectivity index (χ0n) is 19.3. The van der Waals surface area contributed by atoms with E-state index in [2.05, 4.69) is 75.2 Å². The number of unbranched alkanes of at least 4 members (excludes halogenated alkanes) is 1. The topological polar surface area (TPSA) is 96.0 Å². The maximum atomic E-state index is 12.6. The Morgan fingerprint density at radius 3 is 2.48 bits per heavy atom. The molecule has 1 aliphatic heterocycles. The number of nitrogens with zero attached hydrogens (tertiary/aromatic N) is 4. The molecule has 0 fully saturated rings. The number of rotatable bonds is 9. The minimum Gasteiger partial charge on any atom is -0.466 e. The highest BCUT2D eigenvalue weighted by Gasteiger charge is 2.34. The lowest BCUT2D eigenvalue weighted by molar-refractivity contribution is -0.136. The minimum atomic E-state index is -0.256. The number of allylic oxidation sites excluding steroid dienone is 1. The maximum absolute atomic E-state index is 12.6. The molecule has 1 aromatic heterocycles. The monoisotopic (exact) mass is 446 g/mol. The summed E-state index contributed by atoms with van der Waals surface area (Å²) in [7, 11) is 1.45. The van der Waals surface area contributed by atoms with Crippen LogP contribution in [0.3, 0.4) is 0 Å². The average molecular weight is 447 g/mol. The number of tetrazole rings is 1. The molecule has 2 N–H and O–H groups in total. The fourth-order valence-corrected chi connectivity index (χ4v) is 4.25. The fraction of sp³-hybridized carbons (Fsp3) is 0.360. The number of esters is 1. The molecular formula is C25H30N6O2. The van der Waals surface area contributed by atoms with Gasteiger partial charge in [-0.15, -0.1) is 10.2 Å². The van der Waals surface area contributed by atoms with E-state index < -0.39 is 0 Å². The van der Waals surface area contributed by atoms with Gasteiger partial charge in [0, 0.05) is 24.2 Å². The van der Waals surface area contributed by atoms with Gasteiger partial charge >= 0.3 is 5.97 Å². The summed E-state index contributed by atoms with van der Waals surface area (Å²) in [5.41, 5.74) is 9.41. The van der Waals surface area contributed by atoms with Crippen LogP contribution in [0.2, 0.25) is 0 Å². The highest BCUT2D eigenvalue weighted by atomic mass is 16.5. The summed E-state index contributed by atoms with van der Waals surface area (Å²) in [4.78, 5) is 12.6. The van der Waals surface area contributed by atoms with Crippen LogP contribution >= 0.6 is 0 Å². The van der Waals surface area contributed by atoms with Crippen LogP contribution in [0.5, 0.6) is 0 Å². The second kappa shape index (κ2) is 10.4. The van der Waals surface area contributed by atoms with Crippen molar-refractivity contribution in [3.63, 3.8) is 0 Å². The third kappa shape index (κ3) is 4.80. The van der Waals surface area contributed by atoms with Gasteiger partial charge in [-0.3, -0.25) is 0 Å². The molecule has 0 saturated carbocycles. The molecule has 2 heterocycles. The van der Waals surface area contributed by atoms with Gasteiger partial charge in [0.05, 0.1) is 18.7 Å². The summed E-state index contributed by atoms with van der Waals surface area (Å²) in [6.07, 6.45) is 3.62. The number of hydrogen-bond donors (Lipinski definition) is 2. The Labute approximate surface area is 194 Å². The number of nitrogens with one attached hydrogen (secondary N) is 2. The SMILES string of the molecule is CCCCN1NC(CC)C(C(=O)OC)=C1Cc1ccc(-c2ccccc2-c2nn[nH]n2)cc1. The minimum absolute atomic E-state index is 0.0228. The number of carbonyl (C=O) groups is 1. The van der Waals surface area contributed by atoms with E-state index in [9.17, 15) is 4.79 Å². The number of aromatic amines is 1. The smallest absolute Gasteiger partial charge is 0.337 e. The molecule has 8 heteroatoms. The van der Waals surface area contributed by atoms with Crippen molar-refractivity contribution in [1.29, 1.82) is 0 Å². The first-order valence-corrected chi connectivity index (χ1v) is 11.4. The van der Waals surface area contributed by atoms with E-state index in [1.165, 1.54) is 7.11 Å². The van der Waals surface area contributed by atoms with Crippen molar-refractivity contribution in [2.45, 2.75) is 45.6 Å². The number of ether oxygens (including phenoxy) is 1. The Morgan fingerprint density at radius 2 is 1.85 bits per heavy atom. The van der Waals surface area contributed by atoms with Gasteiger partial charge in [-0.2, -0.15) is 5.21 Å². The molecule has 8 nitrogen and oxygen atoms in total. The average Bonchev–Trinajstić information content (AvgIpc) is 3.51. The summed E-state index contributed by atoms with van der Waals surface area (Å²) < 4.78 is 5.13. The highest BCUT2D eigenvalue weighted by molar-refractivity contribution is 5.91. The van der Waals surface area contributed by atoms with Crippen molar-refractivity contribution in [2.24, 2.45) is 0 Å². The third-order valence-corrected chi connectivity index (χ3v) is 6.00. The molecule has 0 radical (unpaired) electrons. The Hall–Kier alpha value is -3.52. The van der Waals surface area contributed by atoms with Crippen LogP contribution in [0.25, 0.3) is 22.5 Å². The summed E-state index contributed by atoms with van der Waals surface area (Å²) in [6.45, 7) is 5.11. The lowest BCUT2D eigenvalue weighted by atomic mass is 9.96. The number of hydrazine groups is 1. The number of carbonyl (C=O) groups excluding carboxylic acids is 1. The Kier molecular flexibility index (Phi) is 7.14. The lowest BCUT2D eigenvalue weighted by Crippen LogP contribution is -2.38. The molecule has 0 amide bonds. The first-order valence-electron chi connectivity index (χ1n) is 11.4. The van der Waals surface area contributed by atoms with Crippen molar-refractivity contribution in [2.75, 3.05) is 13.7 Å². The third-order valence-electron chi connectivity index (χ3n) is 6.00. The van der Waals surface area contributed by atoms with Crippen LogP contribution < -0.4 is 5.43 Å². The number of benzene rings is 2. The van der Waals surface area contributed by atoms with Gasteiger partial charge in [-0.1, -0.05) is 68.8 Å². The molecule has 33 heavy (non-hydrogen) atoms. The first kappa shape index (κ1) is 22.7. The van der Waals surface area contributed by atoms with Crippen molar-refractivity contribution in [3.8, 4) is 22.5 Å². The molecule has 1 unspecified atom stereocenters. The van der Waals surface area contributed by atoms with E-state index in [0.717, 1.165) is 59.3 Å². The molecular weight excluding hydrogens is 416 g/mol. The van der Waals surface area contributed by atoms with Gasteiger partial charge < -0.3 is 9.75 Å². The number of aromatic nitrogens is 4. The molecule has 0 spiro atoms. The van der Waals surface area contributed by atoms with Crippen LogP contribution in [-0.2, 0) is 16.0 Å². The van der Waals surface area contributed by atoms with Crippen molar-refractivity contribution >= 4 is 5.97 Å². The van der Waals surface area contributed by atoms with Crippen LogP contribution in [-0.4, -0.2) is 51.3 Å². The Bertz CT molecular complexity index is 1110. The van der Waals surface area contributed by atoms with Gasteiger partial charge in [-0.05, 0) is 34.7 Å². The van der Waals surface area contributed by atoms with Gasteiger partial charge in [0.1, 0.15) is 0 Å². The molecule has 2 aromatic carbocycles. The molecule has 0 aliphatic carbocycles. The van der Waals surface area contributed by atoms with E-state index >= 15 is 0 Å². The molecule has 172 valence electrons. The second-order valence-corrected chi connectivity index (χ2v) is 8.10. The quantitative estimate of drug-likeness (QED) is 0.481. The van der Waals surface area contributed by atoms with E-state index in [1.54, 1.807) is 0 Å². The van der Waals surface area contributed by atoms with Gasteiger partial charge in [0.25, 0.3) is 0 Å². The van der Waals surface area contributed by atoms with Crippen molar-refractivity contribution < 1.29 is 9.53 Å². The summed E-state index contributed by atoms with van der Waals surface area (Å²) in [5, 5.41) is 16.6. The van der Waals surface area contributed by atoms with E-state index in [0.29, 0.717) is 12.2 Å². The van der Waals surface area contributed by atoms with Crippen LogP contribution in [0.1, 0.15) is 38.7 Å². The van der Waals surface area contributed by atoms with Crippen molar-refractivity contribution in [3.05, 3.63) is 65.4 Å². The zero-order chi connectivity index (χ0) is 23.2. The molecule has 1 atom stereocenters. The Balaban J connectivity index is 1.63. The van der Waals surface area contributed by atoms with E-state index in [-0.39, 0.29) is 12.0 Å². The Morgan fingerprint density at radius 1 is 1.09 bits per heavy atom. The summed E-state index contributed by atoms with van der Waals surface area (Å²) in [6, 6.07) is 16.4. The largest absolute Gasteiger partial charge is 0.466 e. The van der Waals surface area contributed by atoms with Gasteiger partial charge in [-0.25, -0.2) is 10.2 Å². The molecule has 0 bridgehead atoms. The standard InChI is InChI=1S/C25H30N6O2/c1-4-6-15-31-22(23(25(32)33-3)21(5-2)28-31)16-17-11-13-18(14-12-17)19-9-7-8-10-20(19)24-26-29-30-27-24/h7-14,21,28H,4-6,15-16H2,1-3H3,(H,26,27,29,30). The zero-order valence-corrected chi connectivity index (χ0v) is 19.3. The second-order valence-electron chi connectivity index (χ2n) is 8.10. The highest BCUT2D eigenvalue weighted by Crippen LogP contribution is 2.31. The molecule has 1 aliphatic rings. The normalized spacial score (nSPS) is 15.8. The molecule has 4 rings (SSSR count). The lowest BCUT2D eigenvalue weighted by Gasteiger charge is -2.23. The van der Waals surface area contributed by atoms with Crippen LogP contribution in [0, 0.1) is 0 Å². The predicted octanol–water partition coefficient (Wildman–Crippen LogP) is 3.90. The summed E-state index contributed by atoms with van der Waals surface area (Å²) in [5.74, 6) is 0.311. The number of methoxy groups -OCH3 is 1. The first-order chi connectivity index (χ1) is 16.2. The van der Waals surface area contributed by atoms with Crippen LogP contribution in [0.4, 0.5) is 0 Å². The van der Waals surface area contributed by atoms with Gasteiger partial charge in [0.2, 0.25) is 5.82 Å². The van der Waals surface area contributed by atoms with Crippen LogP contribution in [0.15, 0.2) is 59.8 Å². The predicted molar refractivity (Wildman–Crippen MR) is 127 cm³/mol. The summed E-state index contributed by atoms with van der Waals surface area (Å²) >= 11 is 0. The molecule has 0 saturated heterocycles. The number of H-pyrrole nitrogens is 1. The van der Waals surface area contributed by atoms with Crippen molar-refractivity contribution in [1.82, 2.24) is 31.1 Å².